The van der Waals surface area contributed by atoms with Gasteiger partial charge >= 0.3 is 5.69 Å². The molecule has 3 aromatic rings. The molecule has 0 heterocycles. The maximum atomic E-state index is 11.9. The number of carbonyl (C=O) groups is 1. The highest BCUT2D eigenvalue weighted by atomic mass is 32.2. The Bertz CT molecular complexity index is 1410. The molecule has 1 N–H and O–H groups in total. The molecular weight excluding hydrogens is 498 g/mol. The van der Waals surface area contributed by atoms with Crippen LogP contribution >= 0.6 is 11.8 Å². The maximum absolute atomic E-state index is 11.9. The Morgan fingerprint density at radius 1 is 1.03 bits per heavy atom. The van der Waals surface area contributed by atoms with Crippen molar-refractivity contribution in [1.82, 2.24) is 0 Å². The van der Waals surface area contributed by atoms with Crippen LogP contribution in [0.1, 0.15) is 19.4 Å². The zero-order chi connectivity index (χ0) is 26.9. The minimum absolute atomic E-state index is 0.107. The Labute approximate surface area is 215 Å². The number of azo groups is 1. The molecule has 188 valence electrons. The van der Waals surface area contributed by atoms with Crippen LogP contribution < -0.4 is 10.2 Å². The van der Waals surface area contributed by atoms with E-state index in [2.05, 4.69) is 20.4 Å². The van der Waals surface area contributed by atoms with Gasteiger partial charge in [-0.15, -0.1) is 10.2 Å². The summed E-state index contributed by atoms with van der Waals surface area (Å²) >= 11 is 0.483. The zero-order valence-electron chi connectivity index (χ0n) is 19.8. The summed E-state index contributed by atoms with van der Waals surface area (Å²) in [5.41, 5.74) is 0.960. The lowest BCUT2D eigenvalue weighted by Crippen LogP contribution is -2.22. The summed E-state index contributed by atoms with van der Waals surface area (Å²) in [5, 5.41) is 44.2. The Balaban J connectivity index is 2.03. The fourth-order valence-electron chi connectivity index (χ4n) is 3.44. The predicted octanol–water partition coefficient (Wildman–Crippen LogP) is 6.48. The first-order valence-corrected chi connectivity index (χ1v) is 11.7. The van der Waals surface area contributed by atoms with Crippen molar-refractivity contribution in [2.75, 3.05) is 16.8 Å². The number of rotatable bonds is 10. The predicted molar refractivity (Wildman–Crippen MR) is 139 cm³/mol. The summed E-state index contributed by atoms with van der Waals surface area (Å²) < 4.78 is 0. The van der Waals surface area contributed by atoms with Crippen LogP contribution in [0.5, 0.6) is 0 Å². The molecule has 12 nitrogen and oxygen atoms in total. The molecule has 3 aromatic carbocycles. The van der Waals surface area contributed by atoms with Crippen LogP contribution in [0.25, 0.3) is 0 Å². The van der Waals surface area contributed by atoms with Crippen LogP contribution in [0.2, 0.25) is 0 Å². The quantitative estimate of drug-likeness (QED) is 0.104. The lowest BCUT2D eigenvalue weighted by molar-refractivity contribution is -0.395. The van der Waals surface area contributed by atoms with Crippen molar-refractivity contribution in [1.29, 1.82) is 5.26 Å². The van der Waals surface area contributed by atoms with Crippen molar-refractivity contribution in [2.24, 2.45) is 10.2 Å². The molecule has 0 atom stereocenters. The van der Waals surface area contributed by atoms with E-state index in [1.165, 1.54) is 6.92 Å². The molecule has 37 heavy (non-hydrogen) atoms. The molecule has 13 heteroatoms. The molecule has 0 fully saturated rings. The molecular formula is C24H21N7O5S. The zero-order valence-corrected chi connectivity index (χ0v) is 20.6. The van der Waals surface area contributed by atoms with E-state index in [1.807, 2.05) is 37.3 Å². The van der Waals surface area contributed by atoms with Gasteiger partial charge in [-0.25, -0.2) is 0 Å². The van der Waals surface area contributed by atoms with Crippen LogP contribution in [0.4, 0.5) is 34.1 Å². The van der Waals surface area contributed by atoms with E-state index >= 15 is 0 Å². The minimum Gasteiger partial charge on any atom is -0.367 e. The van der Waals surface area contributed by atoms with Gasteiger partial charge in [0.2, 0.25) is 5.91 Å². The van der Waals surface area contributed by atoms with E-state index in [9.17, 15) is 25.0 Å². The van der Waals surface area contributed by atoms with Gasteiger partial charge < -0.3 is 10.2 Å². The van der Waals surface area contributed by atoms with Gasteiger partial charge in [0, 0.05) is 25.7 Å². The molecule has 0 aliphatic heterocycles. The Morgan fingerprint density at radius 2 is 1.70 bits per heavy atom. The number of hydrogen-bond acceptors (Lipinski definition) is 10. The second-order valence-corrected chi connectivity index (χ2v) is 8.43. The third kappa shape index (κ3) is 6.86. The van der Waals surface area contributed by atoms with E-state index in [0.717, 1.165) is 23.4 Å². The average molecular weight is 520 g/mol. The summed E-state index contributed by atoms with van der Waals surface area (Å²) in [6, 6.07) is 16.8. The van der Waals surface area contributed by atoms with Crippen LogP contribution in [0.15, 0.2) is 75.8 Å². The second-order valence-electron chi connectivity index (χ2n) is 7.60. The highest BCUT2D eigenvalue weighted by Gasteiger charge is 2.25. The third-order valence-corrected chi connectivity index (χ3v) is 5.76. The molecule has 0 bridgehead atoms. The summed E-state index contributed by atoms with van der Waals surface area (Å²) in [6.07, 6.45) is 0. The number of thiocyanates is 1. The van der Waals surface area contributed by atoms with Gasteiger partial charge in [-0.1, -0.05) is 30.3 Å². The van der Waals surface area contributed by atoms with Crippen LogP contribution in [0.3, 0.4) is 0 Å². The largest absolute Gasteiger partial charge is 0.367 e. The monoisotopic (exact) mass is 519 g/mol. The fraction of sp³-hybridized carbons (Fsp3) is 0.167. The summed E-state index contributed by atoms with van der Waals surface area (Å²) in [7, 11) is 0. The van der Waals surface area contributed by atoms with Crippen LogP contribution in [-0.4, -0.2) is 22.3 Å². The Morgan fingerprint density at radius 3 is 2.30 bits per heavy atom. The minimum atomic E-state index is -0.817. The van der Waals surface area contributed by atoms with Gasteiger partial charge in [-0.2, -0.15) is 5.26 Å². The van der Waals surface area contributed by atoms with E-state index in [1.54, 1.807) is 23.6 Å². The number of nitro benzene ring substituents is 2. The molecule has 0 aromatic heterocycles. The molecule has 0 saturated heterocycles. The van der Waals surface area contributed by atoms with Crippen molar-refractivity contribution >= 4 is 51.8 Å². The molecule has 0 spiro atoms. The number of hydrogen-bond donors (Lipinski definition) is 1. The van der Waals surface area contributed by atoms with E-state index < -0.39 is 21.2 Å². The standard InChI is InChI=1S/C24H21N7O5S/c1-3-29(14-17-7-5-4-6-8-17)18-9-10-19(20(11-18)26-16(2)32)27-28-21-12-24(37-15-25)23(31(35)36)13-22(21)30(33)34/h4-13H,3,14H2,1-2H3,(H,26,32)/b28-27+. The number of nitriles is 1. The first-order chi connectivity index (χ1) is 17.7. The van der Waals surface area contributed by atoms with Gasteiger partial charge in [0.25, 0.3) is 5.69 Å². The average Bonchev–Trinajstić information content (AvgIpc) is 2.86. The lowest BCUT2D eigenvalue weighted by Gasteiger charge is -2.24. The van der Waals surface area contributed by atoms with Crippen molar-refractivity contribution < 1.29 is 14.6 Å². The summed E-state index contributed by atoms with van der Waals surface area (Å²) in [6.45, 7) is 4.65. The summed E-state index contributed by atoms with van der Waals surface area (Å²) in [4.78, 5) is 35.1. The number of benzene rings is 3. The number of amides is 1. The number of anilines is 2. The molecule has 0 aliphatic rings. The lowest BCUT2D eigenvalue weighted by atomic mass is 10.1. The SMILES string of the molecule is CCN(Cc1ccccc1)c1ccc(/N=N/c2cc(SC#N)c([N+](=O)[O-])cc2[N+](=O)[O-])c(NC(C)=O)c1. The number of nitro groups is 2. The fourth-order valence-corrected chi connectivity index (χ4v) is 3.95. The van der Waals surface area contributed by atoms with Gasteiger partial charge in [-0.05, 0) is 48.5 Å². The first-order valence-electron chi connectivity index (χ1n) is 10.9. The second kappa shape index (κ2) is 12.2. The van der Waals surface area contributed by atoms with Crippen molar-refractivity contribution in [3.05, 3.63) is 86.5 Å². The van der Waals surface area contributed by atoms with E-state index in [4.69, 9.17) is 5.26 Å². The van der Waals surface area contributed by atoms with E-state index in [-0.39, 0.29) is 22.2 Å². The highest BCUT2D eigenvalue weighted by molar-refractivity contribution is 8.03. The van der Waals surface area contributed by atoms with Crippen molar-refractivity contribution in [3.63, 3.8) is 0 Å². The van der Waals surface area contributed by atoms with Crippen molar-refractivity contribution in [3.8, 4) is 5.40 Å². The molecule has 0 unspecified atom stereocenters. The van der Waals surface area contributed by atoms with Crippen molar-refractivity contribution in [2.45, 2.75) is 25.3 Å². The van der Waals surface area contributed by atoms with E-state index in [0.29, 0.717) is 30.5 Å². The Kier molecular flexibility index (Phi) is 8.85. The smallest absolute Gasteiger partial charge is 0.303 e. The van der Waals surface area contributed by atoms with Crippen LogP contribution in [0, 0.1) is 30.9 Å². The highest BCUT2D eigenvalue weighted by Crippen LogP contribution is 2.40. The first kappa shape index (κ1) is 26.8. The Hall–Kier alpha value is -4.83. The normalized spacial score (nSPS) is 10.6. The van der Waals surface area contributed by atoms with Crippen LogP contribution in [-0.2, 0) is 11.3 Å². The van der Waals surface area contributed by atoms with Gasteiger partial charge in [0.1, 0.15) is 16.0 Å². The molecule has 0 radical (unpaired) electrons. The molecule has 1 amide bonds. The molecule has 0 saturated carbocycles. The number of carbonyl (C=O) groups excluding carboxylic acids is 1. The van der Waals surface area contributed by atoms with Gasteiger partial charge in [-0.3, -0.25) is 25.0 Å². The molecule has 0 aliphatic carbocycles. The topological polar surface area (TPSA) is 167 Å². The van der Waals surface area contributed by atoms with Gasteiger partial charge in [0.05, 0.1) is 21.6 Å². The number of thioether (sulfide) groups is 1. The molecule has 3 rings (SSSR count). The summed E-state index contributed by atoms with van der Waals surface area (Å²) in [5.74, 6) is -0.353. The number of nitrogens with one attached hydrogen (secondary N) is 1. The number of nitrogens with zero attached hydrogens (tertiary/aromatic N) is 6. The van der Waals surface area contributed by atoms with Gasteiger partial charge in [0.15, 0.2) is 5.69 Å². The maximum Gasteiger partial charge on any atom is 0.303 e. The third-order valence-electron chi connectivity index (χ3n) is 5.12.